The molecule has 0 bridgehead atoms. The predicted octanol–water partition coefficient (Wildman–Crippen LogP) is 6.30. The van der Waals surface area contributed by atoms with Crippen molar-refractivity contribution in [3.8, 4) is 0 Å². The fourth-order valence-electron chi connectivity index (χ4n) is 3.32. The van der Waals surface area contributed by atoms with Crippen molar-refractivity contribution in [2.75, 3.05) is 0 Å². The van der Waals surface area contributed by atoms with Crippen molar-refractivity contribution in [1.82, 2.24) is 0 Å². The summed E-state index contributed by atoms with van der Waals surface area (Å²) >= 11 is 0. The van der Waals surface area contributed by atoms with Gasteiger partial charge >= 0.3 is 0 Å². The van der Waals surface area contributed by atoms with Crippen molar-refractivity contribution in [3.05, 3.63) is 77.5 Å². The van der Waals surface area contributed by atoms with Crippen molar-refractivity contribution in [3.63, 3.8) is 0 Å². The number of nitrogens with zero attached hydrogens (tertiary/aromatic N) is 2. The molecule has 0 N–H and O–H groups in total. The van der Waals surface area contributed by atoms with Gasteiger partial charge in [-0.1, -0.05) is 68.8 Å². The molecular weight excluding hydrogens is 280 g/mol. The lowest BCUT2D eigenvalue weighted by Gasteiger charge is -2.21. The third kappa shape index (κ3) is 2.98. The van der Waals surface area contributed by atoms with E-state index in [9.17, 15) is 0 Å². The van der Waals surface area contributed by atoms with Crippen LogP contribution in [0.3, 0.4) is 0 Å². The minimum Gasteiger partial charge on any atom is -0.0735 e. The van der Waals surface area contributed by atoms with Crippen molar-refractivity contribution in [1.29, 1.82) is 0 Å². The molecule has 23 heavy (non-hydrogen) atoms. The molecule has 0 aliphatic carbocycles. The summed E-state index contributed by atoms with van der Waals surface area (Å²) in [7, 11) is 0. The first-order valence-corrected chi connectivity index (χ1v) is 8.44. The first-order valence-electron chi connectivity index (χ1n) is 8.44. The quantitative estimate of drug-likeness (QED) is 0.589. The standard InChI is InChI=1S/C21H25N2/c1-15(2)18-11-8-12-19(16(3)4)21(18)20-13-14-22-23(20)17-9-6-5-7-10-17/h5-16,20H,1-4H3/q+1. The Morgan fingerprint density at radius 3 is 2.00 bits per heavy atom. The number of para-hydroxylation sites is 1. The van der Waals surface area contributed by atoms with E-state index in [1.807, 2.05) is 12.3 Å². The molecule has 2 heteroatoms. The van der Waals surface area contributed by atoms with E-state index in [1.165, 1.54) is 16.7 Å². The molecule has 1 aliphatic rings. The smallest absolute Gasteiger partial charge is 0.0735 e. The van der Waals surface area contributed by atoms with Crippen LogP contribution >= 0.6 is 0 Å². The lowest BCUT2D eigenvalue weighted by molar-refractivity contribution is -0.536. The Kier molecular flexibility index (Phi) is 4.42. The van der Waals surface area contributed by atoms with Crippen LogP contribution in [-0.2, 0) is 0 Å². The van der Waals surface area contributed by atoms with Crippen molar-refractivity contribution in [2.45, 2.75) is 45.6 Å². The molecule has 3 rings (SSSR count). The Morgan fingerprint density at radius 1 is 0.826 bits per heavy atom. The summed E-state index contributed by atoms with van der Waals surface area (Å²) in [5.74, 6) is 0.991. The van der Waals surface area contributed by atoms with Gasteiger partial charge in [-0.05, 0) is 28.1 Å². The number of azo groups is 2. The summed E-state index contributed by atoms with van der Waals surface area (Å²) < 4.78 is 2.13. The Hall–Kier alpha value is -2.22. The van der Waals surface area contributed by atoms with Crippen molar-refractivity contribution >= 4 is 5.69 Å². The van der Waals surface area contributed by atoms with E-state index >= 15 is 0 Å². The van der Waals surface area contributed by atoms with Gasteiger partial charge in [-0.25, -0.2) is 0 Å². The fraction of sp³-hybridized carbons (Fsp3) is 0.333. The van der Waals surface area contributed by atoms with Crippen LogP contribution in [0.15, 0.2) is 65.9 Å². The van der Waals surface area contributed by atoms with Gasteiger partial charge in [0.25, 0.3) is 0 Å². The normalized spacial score (nSPS) is 17.1. The molecule has 0 saturated carbocycles. The first-order chi connectivity index (χ1) is 11.1. The minimum atomic E-state index is 0.174. The van der Waals surface area contributed by atoms with Crippen LogP contribution in [0.4, 0.5) is 5.69 Å². The SMILES string of the molecule is CC(C)c1cccc(C(C)C)c1C1C=CN=[N+]1c1ccccc1. The molecule has 2 aromatic rings. The zero-order valence-electron chi connectivity index (χ0n) is 14.4. The summed E-state index contributed by atoms with van der Waals surface area (Å²) in [5, 5.41) is 4.62. The van der Waals surface area contributed by atoms with E-state index in [4.69, 9.17) is 0 Å². The molecule has 2 nitrogen and oxygen atoms in total. The molecule has 1 unspecified atom stereocenters. The molecule has 0 radical (unpaired) electrons. The van der Waals surface area contributed by atoms with Crippen LogP contribution in [0.5, 0.6) is 0 Å². The highest BCUT2D eigenvalue weighted by atomic mass is 15.3. The third-order valence-electron chi connectivity index (χ3n) is 4.46. The average Bonchev–Trinajstić information content (AvgIpc) is 3.04. The fourth-order valence-corrected chi connectivity index (χ4v) is 3.32. The van der Waals surface area contributed by atoms with E-state index in [0.717, 1.165) is 5.69 Å². The zero-order chi connectivity index (χ0) is 16.4. The lowest BCUT2D eigenvalue weighted by Crippen LogP contribution is -2.14. The van der Waals surface area contributed by atoms with E-state index in [-0.39, 0.29) is 6.04 Å². The Balaban J connectivity index is 2.14. The molecular formula is C21H25N2+. The van der Waals surface area contributed by atoms with Crippen LogP contribution < -0.4 is 0 Å². The molecule has 1 atom stereocenters. The van der Waals surface area contributed by atoms with E-state index in [2.05, 4.69) is 86.0 Å². The summed E-state index contributed by atoms with van der Waals surface area (Å²) in [4.78, 5) is 0. The second-order valence-electron chi connectivity index (χ2n) is 6.74. The molecule has 0 saturated heterocycles. The van der Waals surface area contributed by atoms with Gasteiger partial charge < -0.3 is 0 Å². The van der Waals surface area contributed by atoms with Gasteiger partial charge in [-0.3, -0.25) is 0 Å². The van der Waals surface area contributed by atoms with Crippen LogP contribution in [-0.4, -0.2) is 4.70 Å². The predicted molar refractivity (Wildman–Crippen MR) is 95.3 cm³/mol. The Bertz CT molecular complexity index is 713. The highest BCUT2D eigenvalue weighted by Crippen LogP contribution is 2.38. The molecule has 0 spiro atoms. The molecule has 0 aromatic heterocycles. The van der Waals surface area contributed by atoms with Gasteiger partial charge in [0.1, 0.15) is 0 Å². The van der Waals surface area contributed by atoms with Crippen LogP contribution in [0.1, 0.15) is 62.3 Å². The molecule has 2 aromatic carbocycles. The molecule has 1 heterocycles. The largest absolute Gasteiger partial charge is 0.233 e. The van der Waals surface area contributed by atoms with Gasteiger partial charge in [-0.15, -0.1) is 0 Å². The summed E-state index contributed by atoms with van der Waals surface area (Å²) in [6, 6.07) is 17.3. The summed E-state index contributed by atoms with van der Waals surface area (Å²) in [5.41, 5.74) is 5.39. The monoisotopic (exact) mass is 305 g/mol. The van der Waals surface area contributed by atoms with Gasteiger partial charge in [-0.2, -0.15) is 0 Å². The van der Waals surface area contributed by atoms with E-state index in [1.54, 1.807) is 0 Å². The minimum absolute atomic E-state index is 0.174. The molecule has 118 valence electrons. The number of benzene rings is 2. The zero-order valence-corrected chi connectivity index (χ0v) is 14.4. The molecule has 0 fully saturated rings. The van der Waals surface area contributed by atoms with E-state index < -0.39 is 0 Å². The van der Waals surface area contributed by atoms with Gasteiger partial charge in [0.15, 0.2) is 0 Å². The van der Waals surface area contributed by atoms with Crippen LogP contribution in [0.2, 0.25) is 0 Å². The lowest BCUT2D eigenvalue weighted by atomic mass is 9.85. The third-order valence-corrected chi connectivity index (χ3v) is 4.46. The maximum atomic E-state index is 4.62. The van der Waals surface area contributed by atoms with Crippen molar-refractivity contribution in [2.24, 2.45) is 5.11 Å². The van der Waals surface area contributed by atoms with Gasteiger partial charge in [0, 0.05) is 23.8 Å². The number of hydrogen-bond donors (Lipinski definition) is 0. The summed E-state index contributed by atoms with van der Waals surface area (Å²) in [6.45, 7) is 9.08. The second kappa shape index (κ2) is 6.49. The van der Waals surface area contributed by atoms with Crippen LogP contribution in [0.25, 0.3) is 0 Å². The van der Waals surface area contributed by atoms with Crippen molar-refractivity contribution < 1.29 is 4.70 Å². The van der Waals surface area contributed by atoms with E-state index in [0.29, 0.717) is 11.8 Å². The topological polar surface area (TPSA) is 15.4 Å². The highest BCUT2D eigenvalue weighted by Gasteiger charge is 2.33. The van der Waals surface area contributed by atoms with Crippen LogP contribution in [0, 0.1) is 0 Å². The maximum Gasteiger partial charge on any atom is 0.233 e. The number of rotatable bonds is 4. The average molecular weight is 305 g/mol. The molecule has 0 amide bonds. The Morgan fingerprint density at radius 2 is 1.43 bits per heavy atom. The highest BCUT2D eigenvalue weighted by molar-refractivity contribution is 5.43. The molecule has 1 aliphatic heterocycles. The van der Waals surface area contributed by atoms with Gasteiger partial charge in [0.2, 0.25) is 11.7 Å². The second-order valence-corrected chi connectivity index (χ2v) is 6.74. The first kappa shape index (κ1) is 15.7. The summed E-state index contributed by atoms with van der Waals surface area (Å²) in [6.07, 6.45) is 4.14. The van der Waals surface area contributed by atoms with Gasteiger partial charge in [0.05, 0.1) is 6.20 Å². The number of hydrogen-bond acceptors (Lipinski definition) is 1. The maximum absolute atomic E-state index is 4.62. The Labute approximate surface area is 139 Å².